The summed E-state index contributed by atoms with van der Waals surface area (Å²) in [5, 5.41) is 3.67. The summed E-state index contributed by atoms with van der Waals surface area (Å²) in [6.45, 7) is 11.3. The van der Waals surface area contributed by atoms with Crippen molar-refractivity contribution in [1.82, 2.24) is 10.2 Å². The zero-order chi connectivity index (χ0) is 13.1. The molecule has 0 bridgehead atoms. The molecule has 0 unspecified atom stereocenters. The first-order valence-corrected chi connectivity index (χ1v) is 7.14. The van der Waals surface area contributed by atoms with Crippen molar-refractivity contribution in [2.75, 3.05) is 6.54 Å². The van der Waals surface area contributed by atoms with Gasteiger partial charge in [-0.3, -0.25) is 4.90 Å². The van der Waals surface area contributed by atoms with Gasteiger partial charge < -0.3 is 5.32 Å². The molecule has 1 heterocycles. The molecule has 0 radical (unpaired) electrons. The molecular weight excluding hydrogens is 220 g/mol. The van der Waals surface area contributed by atoms with Crippen molar-refractivity contribution >= 4 is 0 Å². The third kappa shape index (κ3) is 3.12. The van der Waals surface area contributed by atoms with E-state index in [4.69, 9.17) is 0 Å². The van der Waals surface area contributed by atoms with Gasteiger partial charge in [0.15, 0.2) is 0 Å². The highest BCUT2D eigenvalue weighted by Gasteiger charge is 2.22. The third-order valence-electron chi connectivity index (χ3n) is 3.92. The summed E-state index contributed by atoms with van der Waals surface area (Å²) >= 11 is 0. The predicted octanol–water partition coefficient (Wildman–Crippen LogP) is 2.82. The summed E-state index contributed by atoms with van der Waals surface area (Å²) in [5.41, 5.74) is 2.99. The smallest absolute Gasteiger partial charge is 0.0238 e. The second-order valence-electron chi connectivity index (χ2n) is 5.93. The Morgan fingerprint density at radius 1 is 1.11 bits per heavy atom. The fourth-order valence-corrected chi connectivity index (χ4v) is 2.92. The number of hydrogen-bond donors (Lipinski definition) is 1. The fourth-order valence-electron chi connectivity index (χ4n) is 2.92. The summed E-state index contributed by atoms with van der Waals surface area (Å²) in [4.78, 5) is 2.58. The molecule has 18 heavy (non-hydrogen) atoms. The van der Waals surface area contributed by atoms with Gasteiger partial charge in [0.2, 0.25) is 0 Å². The van der Waals surface area contributed by atoms with Crippen LogP contribution in [0.3, 0.4) is 0 Å². The second kappa shape index (κ2) is 5.85. The van der Waals surface area contributed by atoms with Crippen molar-refractivity contribution in [3.8, 4) is 0 Å². The van der Waals surface area contributed by atoms with E-state index in [9.17, 15) is 0 Å². The molecule has 100 valence electrons. The van der Waals surface area contributed by atoms with Crippen molar-refractivity contribution < 1.29 is 0 Å². The van der Waals surface area contributed by atoms with Gasteiger partial charge in [0.1, 0.15) is 0 Å². The summed E-state index contributed by atoms with van der Waals surface area (Å²) in [6, 6.07) is 10.6. The Morgan fingerprint density at radius 2 is 1.72 bits per heavy atom. The van der Waals surface area contributed by atoms with Gasteiger partial charge in [-0.2, -0.15) is 0 Å². The Bertz CT molecular complexity index is 376. The van der Waals surface area contributed by atoms with Gasteiger partial charge in [-0.05, 0) is 45.2 Å². The first kappa shape index (κ1) is 13.6. The quantitative estimate of drug-likeness (QED) is 0.879. The van der Waals surface area contributed by atoms with Gasteiger partial charge in [-0.15, -0.1) is 0 Å². The Labute approximate surface area is 111 Å². The molecule has 2 rings (SSSR count). The predicted molar refractivity (Wildman–Crippen MR) is 77.8 cm³/mol. The Morgan fingerprint density at radius 3 is 2.33 bits per heavy atom. The normalized spacial score (nSPS) is 19.6. The van der Waals surface area contributed by atoms with E-state index in [1.807, 2.05) is 0 Å². The molecule has 0 saturated carbocycles. The standard InChI is InChI=1S/C16H26N2/c1-12(2)18(13(3)4)11-16-9-14-7-5-6-8-15(14)10-17-16/h5-8,12-13,16-17H,9-11H2,1-4H3/t16-/m0/s1. The van der Waals surface area contributed by atoms with Gasteiger partial charge in [-0.25, -0.2) is 0 Å². The average Bonchev–Trinajstić information content (AvgIpc) is 2.35. The van der Waals surface area contributed by atoms with Crippen LogP contribution in [0.2, 0.25) is 0 Å². The van der Waals surface area contributed by atoms with Crippen molar-refractivity contribution in [2.45, 2.75) is 58.8 Å². The maximum absolute atomic E-state index is 3.67. The van der Waals surface area contributed by atoms with Crippen molar-refractivity contribution in [3.05, 3.63) is 35.4 Å². The minimum atomic E-state index is 0.588. The van der Waals surface area contributed by atoms with Gasteiger partial charge >= 0.3 is 0 Å². The van der Waals surface area contributed by atoms with Gasteiger partial charge in [0.25, 0.3) is 0 Å². The Hall–Kier alpha value is -0.860. The van der Waals surface area contributed by atoms with E-state index in [0.29, 0.717) is 18.1 Å². The molecule has 0 spiro atoms. The Balaban J connectivity index is 2.01. The molecule has 2 heteroatoms. The third-order valence-corrected chi connectivity index (χ3v) is 3.92. The molecule has 0 saturated heterocycles. The van der Waals surface area contributed by atoms with Crippen LogP contribution in [0.5, 0.6) is 0 Å². The summed E-state index contributed by atoms with van der Waals surface area (Å²) in [6.07, 6.45) is 1.16. The van der Waals surface area contributed by atoms with E-state index in [1.54, 1.807) is 0 Å². The minimum Gasteiger partial charge on any atom is -0.308 e. The van der Waals surface area contributed by atoms with Crippen LogP contribution in [0.4, 0.5) is 0 Å². The van der Waals surface area contributed by atoms with Crippen LogP contribution in [-0.2, 0) is 13.0 Å². The monoisotopic (exact) mass is 246 g/mol. The molecule has 1 aliphatic rings. The van der Waals surface area contributed by atoms with Gasteiger partial charge in [0.05, 0.1) is 0 Å². The highest BCUT2D eigenvalue weighted by molar-refractivity contribution is 5.29. The molecular formula is C16H26N2. The number of nitrogens with zero attached hydrogens (tertiary/aromatic N) is 1. The average molecular weight is 246 g/mol. The largest absolute Gasteiger partial charge is 0.308 e. The molecule has 1 aliphatic heterocycles. The van der Waals surface area contributed by atoms with Crippen LogP contribution in [-0.4, -0.2) is 29.6 Å². The molecule has 1 aromatic rings. The number of hydrogen-bond acceptors (Lipinski definition) is 2. The Kier molecular flexibility index (Phi) is 4.41. The van der Waals surface area contributed by atoms with Crippen molar-refractivity contribution in [2.24, 2.45) is 0 Å². The lowest BCUT2D eigenvalue weighted by Gasteiger charge is -2.36. The minimum absolute atomic E-state index is 0.588. The van der Waals surface area contributed by atoms with Crippen LogP contribution < -0.4 is 5.32 Å². The molecule has 0 fully saturated rings. The van der Waals surface area contributed by atoms with E-state index in [1.165, 1.54) is 11.1 Å². The zero-order valence-electron chi connectivity index (χ0n) is 12.1. The van der Waals surface area contributed by atoms with Crippen LogP contribution in [0, 0.1) is 0 Å². The van der Waals surface area contributed by atoms with Crippen LogP contribution in [0.1, 0.15) is 38.8 Å². The van der Waals surface area contributed by atoms with Crippen LogP contribution in [0.15, 0.2) is 24.3 Å². The number of nitrogens with one attached hydrogen (secondary N) is 1. The van der Waals surface area contributed by atoms with Gasteiger partial charge in [0, 0.05) is 31.2 Å². The first-order valence-electron chi connectivity index (χ1n) is 7.14. The highest BCUT2D eigenvalue weighted by Crippen LogP contribution is 2.18. The van der Waals surface area contributed by atoms with E-state index >= 15 is 0 Å². The fraction of sp³-hybridized carbons (Fsp3) is 0.625. The topological polar surface area (TPSA) is 15.3 Å². The molecule has 1 N–H and O–H groups in total. The SMILES string of the molecule is CC(C)N(C[C@@H]1Cc2ccccc2CN1)C(C)C. The molecule has 0 aromatic heterocycles. The van der Waals surface area contributed by atoms with Crippen LogP contribution in [0.25, 0.3) is 0 Å². The zero-order valence-corrected chi connectivity index (χ0v) is 12.1. The van der Waals surface area contributed by atoms with E-state index < -0.39 is 0 Å². The molecule has 0 amide bonds. The number of rotatable bonds is 4. The maximum atomic E-state index is 3.67. The maximum Gasteiger partial charge on any atom is 0.0238 e. The number of benzene rings is 1. The highest BCUT2D eigenvalue weighted by atomic mass is 15.2. The lowest BCUT2D eigenvalue weighted by atomic mass is 9.95. The van der Waals surface area contributed by atoms with Gasteiger partial charge in [-0.1, -0.05) is 24.3 Å². The molecule has 1 aromatic carbocycles. The van der Waals surface area contributed by atoms with Crippen molar-refractivity contribution in [1.29, 1.82) is 0 Å². The second-order valence-corrected chi connectivity index (χ2v) is 5.93. The lowest BCUT2D eigenvalue weighted by molar-refractivity contribution is 0.152. The number of fused-ring (bicyclic) bond motifs is 1. The summed E-state index contributed by atoms with van der Waals surface area (Å²) in [5.74, 6) is 0. The first-order chi connectivity index (χ1) is 8.58. The van der Waals surface area contributed by atoms with Crippen LogP contribution >= 0.6 is 0 Å². The van der Waals surface area contributed by atoms with E-state index in [-0.39, 0.29) is 0 Å². The summed E-state index contributed by atoms with van der Waals surface area (Å²) in [7, 11) is 0. The van der Waals surface area contributed by atoms with E-state index in [2.05, 4.69) is 62.2 Å². The lowest BCUT2D eigenvalue weighted by Crippen LogP contribution is -2.49. The molecule has 2 nitrogen and oxygen atoms in total. The molecule has 1 atom stereocenters. The van der Waals surface area contributed by atoms with E-state index in [0.717, 1.165) is 19.5 Å². The van der Waals surface area contributed by atoms with Crippen molar-refractivity contribution in [3.63, 3.8) is 0 Å². The molecule has 0 aliphatic carbocycles. The summed E-state index contributed by atoms with van der Waals surface area (Å²) < 4.78 is 0.